The molecule has 96 valence electrons. The van der Waals surface area contributed by atoms with E-state index in [0.717, 1.165) is 33.2 Å². The van der Waals surface area contributed by atoms with Crippen LogP contribution in [0, 0.1) is 6.92 Å². The SMILES string of the molecule is Cc1cc2c(cc1Cl)ncn2Cc1ccc(Cl)cc1. The molecule has 0 amide bonds. The summed E-state index contributed by atoms with van der Waals surface area (Å²) in [6.45, 7) is 2.77. The van der Waals surface area contributed by atoms with E-state index in [-0.39, 0.29) is 0 Å². The number of rotatable bonds is 2. The molecule has 0 saturated carbocycles. The third-order valence-corrected chi connectivity index (χ3v) is 3.83. The fraction of sp³-hybridized carbons (Fsp3) is 0.133. The lowest BCUT2D eigenvalue weighted by molar-refractivity contribution is 0.824. The van der Waals surface area contributed by atoms with Gasteiger partial charge in [0.05, 0.1) is 17.4 Å². The first-order valence-corrected chi connectivity index (χ1v) is 6.74. The second kappa shape index (κ2) is 4.87. The second-order valence-corrected chi connectivity index (χ2v) is 5.43. The summed E-state index contributed by atoms with van der Waals surface area (Å²) < 4.78 is 2.11. The van der Waals surface area contributed by atoms with Crippen molar-refractivity contribution < 1.29 is 0 Å². The summed E-state index contributed by atoms with van der Waals surface area (Å²) >= 11 is 12.0. The van der Waals surface area contributed by atoms with Crippen molar-refractivity contribution in [3.8, 4) is 0 Å². The fourth-order valence-corrected chi connectivity index (χ4v) is 2.38. The molecule has 3 rings (SSSR count). The molecule has 0 aliphatic rings. The molecule has 0 aliphatic carbocycles. The number of imidazole rings is 1. The van der Waals surface area contributed by atoms with Gasteiger partial charge in [-0.05, 0) is 42.3 Å². The highest BCUT2D eigenvalue weighted by Gasteiger charge is 2.06. The first kappa shape index (κ1) is 12.5. The Kier molecular flexibility index (Phi) is 3.21. The van der Waals surface area contributed by atoms with Crippen LogP contribution in [0.4, 0.5) is 0 Å². The number of aryl methyl sites for hydroxylation is 1. The van der Waals surface area contributed by atoms with Gasteiger partial charge in [-0.3, -0.25) is 0 Å². The Hall–Kier alpha value is -1.51. The van der Waals surface area contributed by atoms with Crippen LogP contribution in [0.15, 0.2) is 42.7 Å². The molecular formula is C15H12Cl2N2. The number of fused-ring (bicyclic) bond motifs is 1. The maximum atomic E-state index is 6.11. The van der Waals surface area contributed by atoms with Gasteiger partial charge >= 0.3 is 0 Å². The number of benzene rings is 2. The lowest BCUT2D eigenvalue weighted by atomic mass is 10.2. The Bertz CT molecular complexity index is 730. The third-order valence-electron chi connectivity index (χ3n) is 3.17. The Labute approximate surface area is 121 Å². The summed E-state index contributed by atoms with van der Waals surface area (Å²) in [6.07, 6.45) is 1.84. The molecule has 1 heterocycles. The van der Waals surface area contributed by atoms with Gasteiger partial charge in [0.25, 0.3) is 0 Å². The summed E-state index contributed by atoms with van der Waals surface area (Å²) in [5, 5.41) is 1.51. The minimum Gasteiger partial charge on any atom is -0.326 e. The molecule has 0 aliphatic heterocycles. The highest BCUT2D eigenvalue weighted by Crippen LogP contribution is 2.23. The molecule has 4 heteroatoms. The molecule has 0 radical (unpaired) electrons. The molecule has 0 unspecified atom stereocenters. The van der Waals surface area contributed by atoms with Crippen molar-refractivity contribution in [1.82, 2.24) is 9.55 Å². The number of hydrogen-bond donors (Lipinski definition) is 0. The molecule has 0 spiro atoms. The van der Waals surface area contributed by atoms with Crippen LogP contribution in [0.5, 0.6) is 0 Å². The lowest BCUT2D eigenvalue weighted by Crippen LogP contribution is -1.97. The molecule has 0 fully saturated rings. The van der Waals surface area contributed by atoms with Gasteiger partial charge in [0.15, 0.2) is 0 Å². The Balaban J connectivity index is 2.01. The lowest BCUT2D eigenvalue weighted by Gasteiger charge is -2.06. The van der Waals surface area contributed by atoms with Crippen LogP contribution in [0.1, 0.15) is 11.1 Å². The van der Waals surface area contributed by atoms with E-state index >= 15 is 0 Å². The first-order valence-electron chi connectivity index (χ1n) is 5.99. The zero-order valence-corrected chi connectivity index (χ0v) is 11.9. The van der Waals surface area contributed by atoms with Gasteiger partial charge in [-0.2, -0.15) is 0 Å². The molecule has 19 heavy (non-hydrogen) atoms. The molecule has 0 saturated heterocycles. The number of aromatic nitrogens is 2. The molecule has 3 aromatic rings. The minimum absolute atomic E-state index is 0.752. The van der Waals surface area contributed by atoms with E-state index in [2.05, 4.69) is 15.6 Å². The number of nitrogens with zero attached hydrogens (tertiary/aromatic N) is 2. The third kappa shape index (κ3) is 2.46. The van der Waals surface area contributed by atoms with E-state index in [0.29, 0.717) is 0 Å². The highest BCUT2D eigenvalue weighted by molar-refractivity contribution is 6.32. The van der Waals surface area contributed by atoms with Crippen LogP contribution >= 0.6 is 23.2 Å². The smallest absolute Gasteiger partial charge is 0.0961 e. The van der Waals surface area contributed by atoms with E-state index in [1.165, 1.54) is 5.56 Å². The standard InChI is InChI=1S/C15H12Cl2N2/c1-10-6-15-14(7-13(10)17)18-9-19(15)8-11-2-4-12(16)5-3-11/h2-7,9H,8H2,1H3. The molecule has 2 nitrogen and oxygen atoms in total. The van der Waals surface area contributed by atoms with Crippen molar-refractivity contribution in [2.45, 2.75) is 13.5 Å². The first-order chi connectivity index (χ1) is 9.13. The largest absolute Gasteiger partial charge is 0.326 e. The fourth-order valence-electron chi connectivity index (χ4n) is 2.10. The summed E-state index contributed by atoms with van der Waals surface area (Å²) in [5.41, 5.74) is 4.27. The zero-order chi connectivity index (χ0) is 13.4. The minimum atomic E-state index is 0.752. The van der Waals surface area contributed by atoms with Crippen LogP contribution in [0.25, 0.3) is 11.0 Å². The van der Waals surface area contributed by atoms with Gasteiger partial charge in [-0.1, -0.05) is 35.3 Å². The monoisotopic (exact) mass is 290 g/mol. The van der Waals surface area contributed by atoms with Crippen LogP contribution in [0.3, 0.4) is 0 Å². The van der Waals surface area contributed by atoms with E-state index in [9.17, 15) is 0 Å². The molecule has 1 aromatic heterocycles. The van der Waals surface area contributed by atoms with E-state index in [4.69, 9.17) is 23.2 Å². The van der Waals surface area contributed by atoms with Crippen LogP contribution in [-0.4, -0.2) is 9.55 Å². The van der Waals surface area contributed by atoms with Gasteiger partial charge in [0, 0.05) is 16.6 Å². The van der Waals surface area contributed by atoms with Crippen molar-refractivity contribution in [3.05, 3.63) is 63.9 Å². The average molecular weight is 291 g/mol. The summed E-state index contributed by atoms with van der Waals surface area (Å²) in [7, 11) is 0. The normalized spacial score (nSPS) is 11.1. The second-order valence-electron chi connectivity index (χ2n) is 4.59. The van der Waals surface area contributed by atoms with E-state index in [1.54, 1.807) is 0 Å². The molecule has 0 N–H and O–H groups in total. The molecule has 0 atom stereocenters. The van der Waals surface area contributed by atoms with E-state index in [1.807, 2.05) is 43.6 Å². The molecule has 0 bridgehead atoms. The van der Waals surface area contributed by atoms with Crippen molar-refractivity contribution in [1.29, 1.82) is 0 Å². The Morgan fingerprint density at radius 1 is 1.11 bits per heavy atom. The van der Waals surface area contributed by atoms with Crippen LogP contribution in [-0.2, 0) is 6.54 Å². The van der Waals surface area contributed by atoms with Gasteiger partial charge in [0.2, 0.25) is 0 Å². The maximum absolute atomic E-state index is 6.11. The average Bonchev–Trinajstić information content (AvgIpc) is 2.76. The molecule has 2 aromatic carbocycles. The summed E-state index contributed by atoms with van der Waals surface area (Å²) in [6, 6.07) is 11.8. The van der Waals surface area contributed by atoms with Crippen LogP contribution in [0.2, 0.25) is 10.0 Å². The van der Waals surface area contributed by atoms with Gasteiger partial charge in [-0.25, -0.2) is 4.98 Å². The quantitative estimate of drug-likeness (QED) is 0.669. The van der Waals surface area contributed by atoms with Gasteiger partial charge in [0.1, 0.15) is 0 Å². The Morgan fingerprint density at radius 2 is 1.84 bits per heavy atom. The van der Waals surface area contributed by atoms with Gasteiger partial charge < -0.3 is 4.57 Å². The van der Waals surface area contributed by atoms with Crippen molar-refractivity contribution in [3.63, 3.8) is 0 Å². The summed E-state index contributed by atoms with van der Waals surface area (Å²) in [5.74, 6) is 0. The van der Waals surface area contributed by atoms with Crippen molar-refractivity contribution in [2.75, 3.05) is 0 Å². The predicted molar refractivity (Wildman–Crippen MR) is 80.0 cm³/mol. The zero-order valence-electron chi connectivity index (χ0n) is 10.4. The van der Waals surface area contributed by atoms with E-state index < -0.39 is 0 Å². The number of hydrogen-bond acceptors (Lipinski definition) is 1. The van der Waals surface area contributed by atoms with Gasteiger partial charge in [-0.15, -0.1) is 0 Å². The predicted octanol–water partition coefficient (Wildman–Crippen LogP) is 4.70. The number of halogens is 2. The topological polar surface area (TPSA) is 17.8 Å². The summed E-state index contributed by atoms with van der Waals surface area (Å²) in [4.78, 5) is 4.39. The maximum Gasteiger partial charge on any atom is 0.0961 e. The Morgan fingerprint density at radius 3 is 2.58 bits per heavy atom. The van der Waals surface area contributed by atoms with Crippen LogP contribution < -0.4 is 0 Å². The van der Waals surface area contributed by atoms with Crippen molar-refractivity contribution >= 4 is 34.2 Å². The highest BCUT2D eigenvalue weighted by atomic mass is 35.5. The molecular weight excluding hydrogens is 279 g/mol. The van der Waals surface area contributed by atoms with Crippen molar-refractivity contribution in [2.24, 2.45) is 0 Å².